The van der Waals surface area contributed by atoms with Gasteiger partial charge in [-0.1, -0.05) is 70.5 Å². The van der Waals surface area contributed by atoms with Crippen LogP contribution in [0.4, 0.5) is 0 Å². The number of hydrogen-bond acceptors (Lipinski definition) is 2. The van der Waals surface area contributed by atoms with Crippen LogP contribution in [0.25, 0.3) is 38.3 Å². The fraction of sp³-hybridized carbons (Fsp3) is 0.120. The molecule has 0 radical (unpaired) electrons. The van der Waals surface area contributed by atoms with Crippen molar-refractivity contribution in [3.63, 3.8) is 0 Å². The van der Waals surface area contributed by atoms with E-state index in [1.807, 2.05) is 0 Å². The quantitative estimate of drug-likeness (QED) is 0.301. The third-order valence-electron chi connectivity index (χ3n) is 5.67. The smallest absolute Gasteiger partial charge is 0.184 e. The van der Waals surface area contributed by atoms with E-state index in [0.29, 0.717) is 13.2 Å². The van der Waals surface area contributed by atoms with Gasteiger partial charge in [0.1, 0.15) is 0 Å². The third-order valence-corrected chi connectivity index (χ3v) is 6.33. The monoisotopic (exact) mass is 443 g/mol. The first-order valence-electron chi connectivity index (χ1n) is 9.75. The van der Waals surface area contributed by atoms with Gasteiger partial charge < -0.3 is 14.0 Å². The molecule has 6 rings (SSSR count). The van der Waals surface area contributed by atoms with Crippen molar-refractivity contribution < 1.29 is 9.47 Å². The Bertz CT molecular complexity index is 1370. The van der Waals surface area contributed by atoms with Crippen LogP contribution in [0, 0.1) is 0 Å². The van der Waals surface area contributed by atoms with Gasteiger partial charge in [-0.05, 0) is 29.7 Å². The fourth-order valence-corrected chi connectivity index (χ4v) is 4.95. The van der Waals surface area contributed by atoms with Gasteiger partial charge in [0.25, 0.3) is 0 Å². The SMILES string of the molecule is Brc1cc2c3ccccc3n(-c3ccc(C4OCCO4)cc3)c2c2ccccc12. The van der Waals surface area contributed by atoms with E-state index >= 15 is 0 Å². The highest BCUT2D eigenvalue weighted by Crippen LogP contribution is 2.39. The van der Waals surface area contributed by atoms with Crippen LogP contribution in [0.2, 0.25) is 0 Å². The first-order valence-corrected chi connectivity index (χ1v) is 10.5. The lowest BCUT2D eigenvalue weighted by atomic mass is 10.1. The molecule has 5 aromatic rings. The molecule has 1 aliphatic rings. The zero-order valence-electron chi connectivity index (χ0n) is 15.6. The summed E-state index contributed by atoms with van der Waals surface area (Å²) in [5, 5.41) is 4.95. The number of ether oxygens (including phenoxy) is 2. The molecule has 0 saturated carbocycles. The zero-order chi connectivity index (χ0) is 19.4. The van der Waals surface area contributed by atoms with Gasteiger partial charge in [-0.2, -0.15) is 0 Å². The summed E-state index contributed by atoms with van der Waals surface area (Å²) in [5.74, 6) is 0. The van der Waals surface area contributed by atoms with E-state index in [2.05, 4.69) is 99.4 Å². The number of fused-ring (bicyclic) bond motifs is 5. The number of rotatable bonds is 2. The normalized spacial score (nSPS) is 15.1. The molecule has 4 aromatic carbocycles. The van der Waals surface area contributed by atoms with E-state index in [1.54, 1.807) is 0 Å². The minimum atomic E-state index is -0.251. The van der Waals surface area contributed by atoms with Crippen molar-refractivity contribution >= 4 is 48.5 Å². The van der Waals surface area contributed by atoms with Gasteiger partial charge in [0.2, 0.25) is 0 Å². The molecule has 0 amide bonds. The molecule has 1 saturated heterocycles. The average Bonchev–Trinajstić information content (AvgIpc) is 3.41. The number of halogens is 1. The lowest BCUT2D eigenvalue weighted by molar-refractivity contribution is -0.0441. The molecule has 0 atom stereocenters. The molecule has 3 nitrogen and oxygen atoms in total. The van der Waals surface area contributed by atoms with Crippen LogP contribution in [-0.4, -0.2) is 17.8 Å². The Labute approximate surface area is 176 Å². The zero-order valence-corrected chi connectivity index (χ0v) is 17.2. The van der Waals surface area contributed by atoms with E-state index in [4.69, 9.17) is 9.47 Å². The summed E-state index contributed by atoms with van der Waals surface area (Å²) >= 11 is 3.78. The summed E-state index contributed by atoms with van der Waals surface area (Å²) in [6, 6.07) is 27.9. The summed E-state index contributed by atoms with van der Waals surface area (Å²) in [6.45, 7) is 1.31. The summed E-state index contributed by atoms with van der Waals surface area (Å²) in [4.78, 5) is 0. The largest absolute Gasteiger partial charge is 0.346 e. The van der Waals surface area contributed by atoms with Crippen molar-refractivity contribution in [2.75, 3.05) is 13.2 Å². The molecule has 1 aromatic heterocycles. The second kappa shape index (κ2) is 6.70. The minimum Gasteiger partial charge on any atom is -0.346 e. The van der Waals surface area contributed by atoms with Crippen LogP contribution in [0.3, 0.4) is 0 Å². The van der Waals surface area contributed by atoms with Crippen LogP contribution >= 0.6 is 15.9 Å². The summed E-state index contributed by atoms with van der Waals surface area (Å²) < 4.78 is 14.8. The lowest BCUT2D eigenvalue weighted by Crippen LogP contribution is -1.99. The molecule has 0 bridgehead atoms. The van der Waals surface area contributed by atoms with Crippen molar-refractivity contribution in [3.8, 4) is 5.69 Å². The molecule has 4 heteroatoms. The Kier molecular flexibility index (Phi) is 3.98. The topological polar surface area (TPSA) is 23.4 Å². The first kappa shape index (κ1) is 17.2. The van der Waals surface area contributed by atoms with Gasteiger partial charge in [0.05, 0.1) is 24.2 Å². The van der Waals surface area contributed by atoms with Crippen LogP contribution in [-0.2, 0) is 9.47 Å². The molecule has 1 fully saturated rings. The third kappa shape index (κ3) is 2.64. The second-order valence-corrected chi connectivity index (χ2v) is 8.17. The van der Waals surface area contributed by atoms with Crippen molar-refractivity contribution in [2.45, 2.75) is 6.29 Å². The molecular formula is C25H18BrNO2. The van der Waals surface area contributed by atoms with Gasteiger partial charge in [-0.25, -0.2) is 0 Å². The summed E-state index contributed by atoms with van der Waals surface area (Å²) in [7, 11) is 0. The van der Waals surface area contributed by atoms with E-state index in [1.165, 1.54) is 32.6 Å². The Morgan fingerprint density at radius 3 is 2.14 bits per heavy atom. The number of nitrogens with zero attached hydrogens (tertiary/aromatic N) is 1. The standard InChI is InChI=1S/C25H18BrNO2/c26-22-15-21-19-6-3-4-8-23(19)27(24(21)20-7-2-1-5-18(20)22)17-11-9-16(10-12-17)25-28-13-14-29-25/h1-12,15,25H,13-14H2. The highest BCUT2D eigenvalue weighted by molar-refractivity contribution is 9.10. The van der Waals surface area contributed by atoms with Crippen molar-refractivity contribution in [1.82, 2.24) is 4.57 Å². The Balaban J connectivity index is 1.67. The number of aromatic nitrogens is 1. The molecule has 142 valence electrons. The second-order valence-electron chi connectivity index (χ2n) is 7.32. The summed E-state index contributed by atoms with van der Waals surface area (Å²) in [6.07, 6.45) is -0.251. The predicted octanol–water partition coefficient (Wildman–Crippen LogP) is 6.74. The molecule has 2 heterocycles. The Morgan fingerprint density at radius 2 is 1.38 bits per heavy atom. The van der Waals surface area contributed by atoms with E-state index in [9.17, 15) is 0 Å². The fourth-order valence-electron chi connectivity index (χ4n) is 4.38. The van der Waals surface area contributed by atoms with E-state index in [-0.39, 0.29) is 6.29 Å². The van der Waals surface area contributed by atoms with Gasteiger partial charge >= 0.3 is 0 Å². The molecular weight excluding hydrogens is 426 g/mol. The van der Waals surface area contributed by atoms with Gasteiger partial charge in [0.15, 0.2) is 6.29 Å². The van der Waals surface area contributed by atoms with Crippen LogP contribution in [0.1, 0.15) is 11.9 Å². The molecule has 1 aliphatic heterocycles. The lowest BCUT2D eigenvalue weighted by Gasteiger charge is -2.13. The number of benzene rings is 4. The molecule has 0 N–H and O–H groups in total. The predicted molar refractivity (Wildman–Crippen MR) is 121 cm³/mol. The maximum Gasteiger partial charge on any atom is 0.184 e. The van der Waals surface area contributed by atoms with E-state index < -0.39 is 0 Å². The maximum atomic E-state index is 5.65. The van der Waals surface area contributed by atoms with Crippen molar-refractivity contribution in [3.05, 3.63) is 88.9 Å². The van der Waals surface area contributed by atoms with E-state index in [0.717, 1.165) is 15.7 Å². The van der Waals surface area contributed by atoms with Gasteiger partial charge in [-0.3, -0.25) is 0 Å². The minimum absolute atomic E-state index is 0.251. The van der Waals surface area contributed by atoms with Gasteiger partial charge in [0, 0.05) is 31.9 Å². The molecule has 29 heavy (non-hydrogen) atoms. The van der Waals surface area contributed by atoms with Crippen molar-refractivity contribution in [2.24, 2.45) is 0 Å². The molecule has 0 aliphatic carbocycles. The highest BCUT2D eigenvalue weighted by Gasteiger charge is 2.19. The molecule has 0 unspecified atom stereocenters. The Hall–Kier alpha value is -2.66. The summed E-state index contributed by atoms with van der Waals surface area (Å²) in [5.41, 5.74) is 4.61. The van der Waals surface area contributed by atoms with Crippen LogP contribution in [0.5, 0.6) is 0 Å². The maximum absolute atomic E-state index is 5.65. The van der Waals surface area contributed by atoms with Crippen LogP contribution < -0.4 is 0 Å². The van der Waals surface area contributed by atoms with Crippen LogP contribution in [0.15, 0.2) is 83.3 Å². The first-order chi connectivity index (χ1) is 14.3. The number of para-hydroxylation sites is 1. The number of hydrogen-bond donors (Lipinski definition) is 0. The Morgan fingerprint density at radius 1 is 0.724 bits per heavy atom. The highest BCUT2D eigenvalue weighted by atomic mass is 79.9. The van der Waals surface area contributed by atoms with Gasteiger partial charge in [-0.15, -0.1) is 0 Å². The van der Waals surface area contributed by atoms with Crippen molar-refractivity contribution in [1.29, 1.82) is 0 Å². The molecule has 0 spiro atoms. The average molecular weight is 444 g/mol.